The number of imidazole rings is 1. The van der Waals surface area contributed by atoms with Gasteiger partial charge in [-0.15, -0.1) is 0 Å². The van der Waals surface area contributed by atoms with Gasteiger partial charge in [0.1, 0.15) is 5.82 Å². The first kappa shape index (κ1) is 12.0. The van der Waals surface area contributed by atoms with Gasteiger partial charge in [0, 0.05) is 12.6 Å². The molecule has 2 aromatic heterocycles. The van der Waals surface area contributed by atoms with Crippen molar-refractivity contribution in [2.75, 3.05) is 20.1 Å². The Balaban J connectivity index is 1.81. The zero-order valence-electron chi connectivity index (χ0n) is 10.6. The lowest BCUT2D eigenvalue weighted by atomic mass is 9.93. The van der Waals surface area contributed by atoms with Crippen LogP contribution in [0.4, 0.5) is 0 Å². The van der Waals surface area contributed by atoms with Crippen molar-refractivity contribution in [2.45, 2.75) is 19.3 Å². The summed E-state index contributed by atoms with van der Waals surface area (Å²) < 4.78 is 2.13. The van der Waals surface area contributed by atoms with Crippen molar-refractivity contribution in [1.82, 2.24) is 14.3 Å². The van der Waals surface area contributed by atoms with E-state index < -0.39 is 0 Å². The number of halogens is 1. The number of fused-ring (bicyclic) bond motifs is 1. The highest BCUT2D eigenvalue weighted by atomic mass is 35.5. The number of piperidine rings is 1. The van der Waals surface area contributed by atoms with Gasteiger partial charge in [-0.2, -0.15) is 0 Å². The Labute approximate surface area is 112 Å². The molecule has 1 aliphatic rings. The fourth-order valence-corrected chi connectivity index (χ4v) is 2.93. The third kappa shape index (κ3) is 2.25. The molecule has 0 N–H and O–H groups in total. The summed E-state index contributed by atoms with van der Waals surface area (Å²) in [7, 11) is 2.20. The van der Waals surface area contributed by atoms with Crippen molar-refractivity contribution in [3.05, 3.63) is 35.4 Å². The Bertz CT molecular complexity index is 541. The second-order valence-electron chi connectivity index (χ2n) is 5.24. The van der Waals surface area contributed by atoms with Crippen LogP contribution in [0.25, 0.3) is 5.52 Å². The molecule has 18 heavy (non-hydrogen) atoms. The normalized spacial score (nSPS) is 18.6. The average Bonchev–Trinajstić information content (AvgIpc) is 2.77. The third-order valence-corrected chi connectivity index (χ3v) is 4.22. The maximum absolute atomic E-state index is 6.16. The molecule has 0 spiro atoms. The second-order valence-corrected chi connectivity index (χ2v) is 5.64. The highest BCUT2D eigenvalue weighted by molar-refractivity contribution is 6.33. The standard InChI is InChI=1S/C14H18ClN3/c1-17-7-4-11(5-8-17)9-14-16-10-13-12(15)3-2-6-18(13)14/h2-3,6,10-11H,4-5,7-9H2,1H3. The van der Waals surface area contributed by atoms with E-state index in [2.05, 4.69) is 27.5 Å². The quantitative estimate of drug-likeness (QED) is 0.831. The van der Waals surface area contributed by atoms with E-state index in [1.807, 2.05) is 18.3 Å². The largest absolute Gasteiger partial charge is 0.306 e. The molecular formula is C14H18ClN3. The number of likely N-dealkylation sites (tertiary alicyclic amines) is 1. The summed E-state index contributed by atoms with van der Waals surface area (Å²) in [6.45, 7) is 2.41. The molecule has 4 heteroatoms. The van der Waals surface area contributed by atoms with Crippen LogP contribution in [0.15, 0.2) is 24.5 Å². The molecule has 2 aromatic rings. The van der Waals surface area contributed by atoms with E-state index >= 15 is 0 Å². The molecule has 0 unspecified atom stereocenters. The predicted molar refractivity (Wildman–Crippen MR) is 74.1 cm³/mol. The topological polar surface area (TPSA) is 20.5 Å². The second kappa shape index (κ2) is 4.90. The van der Waals surface area contributed by atoms with Crippen LogP contribution in [0.3, 0.4) is 0 Å². The smallest absolute Gasteiger partial charge is 0.113 e. The molecule has 3 heterocycles. The Hall–Kier alpha value is -1.06. The summed E-state index contributed by atoms with van der Waals surface area (Å²) in [6, 6.07) is 3.90. The summed E-state index contributed by atoms with van der Waals surface area (Å²) in [6.07, 6.45) is 7.53. The third-order valence-electron chi connectivity index (χ3n) is 3.91. The lowest BCUT2D eigenvalue weighted by molar-refractivity contribution is 0.217. The highest BCUT2D eigenvalue weighted by Gasteiger charge is 2.19. The maximum Gasteiger partial charge on any atom is 0.113 e. The number of pyridine rings is 1. The van der Waals surface area contributed by atoms with Crippen LogP contribution in [0, 0.1) is 5.92 Å². The van der Waals surface area contributed by atoms with E-state index in [4.69, 9.17) is 11.6 Å². The first-order valence-electron chi connectivity index (χ1n) is 6.53. The lowest BCUT2D eigenvalue weighted by Gasteiger charge is -2.28. The molecule has 0 amide bonds. The first-order valence-corrected chi connectivity index (χ1v) is 6.91. The van der Waals surface area contributed by atoms with Crippen LogP contribution >= 0.6 is 11.6 Å². The summed E-state index contributed by atoms with van der Waals surface area (Å²) >= 11 is 6.16. The van der Waals surface area contributed by atoms with Crippen molar-refractivity contribution in [2.24, 2.45) is 5.92 Å². The summed E-state index contributed by atoms with van der Waals surface area (Å²) in [5.41, 5.74) is 1.02. The van der Waals surface area contributed by atoms with E-state index in [-0.39, 0.29) is 0 Å². The molecule has 3 rings (SSSR count). The van der Waals surface area contributed by atoms with Crippen molar-refractivity contribution in [1.29, 1.82) is 0 Å². The van der Waals surface area contributed by atoms with Crippen molar-refractivity contribution >= 4 is 17.1 Å². The molecule has 3 nitrogen and oxygen atoms in total. The first-order chi connectivity index (χ1) is 8.74. The zero-order chi connectivity index (χ0) is 12.5. The van der Waals surface area contributed by atoms with Crippen LogP contribution in [0.2, 0.25) is 5.02 Å². The number of aromatic nitrogens is 2. The summed E-state index contributed by atoms with van der Waals surface area (Å²) in [5, 5.41) is 0.777. The van der Waals surface area contributed by atoms with Crippen LogP contribution in [0.1, 0.15) is 18.7 Å². The van der Waals surface area contributed by atoms with Gasteiger partial charge < -0.3 is 9.30 Å². The number of nitrogens with zero attached hydrogens (tertiary/aromatic N) is 3. The summed E-state index contributed by atoms with van der Waals surface area (Å²) in [5.74, 6) is 1.90. The van der Waals surface area contributed by atoms with E-state index in [0.29, 0.717) is 0 Å². The van der Waals surface area contributed by atoms with Gasteiger partial charge in [0.15, 0.2) is 0 Å². The van der Waals surface area contributed by atoms with Gasteiger partial charge in [-0.1, -0.05) is 11.6 Å². The van der Waals surface area contributed by atoms with Crippen molar-refractivity contribution in [3.8, 4) is 0 Å². The summed E-state index contributed by atoms with van der Waals surface area (Å²) in [4.78, 5) is 6.93. The number of rotatable bonds is 2. The Morgan fingerprint density at radius 3 is 2.94 bits per heavy atom. The average molecular weight is 264 g/mol. The molecule has 1 aliphatic heterocycles. The van der Waals surface area contributed by atoms with Gasteiger partial charge in [0.25, 0.3) is 0 Å². The predicted octanol–water partition coefficient (Wildman–Crippen LogP) is 2.87. The van der Waals surface area contributed by atoms with E-state index in [1.165, 1.54) is 25.9 Å². The van der Waals surface area contributed by atoms with E-state index in [1.54, 1.807) is 0 Å². The molecule has 1 fully saturated rings. The van der Waals surface area contributed by atoms with Crippen LogP contribution < -0.4 is 0 Å². The Morgan fingerprint density at radius 1 is 1.39 bits per heavy atom. The van der Waals surface area contributed by atoms with E-state index in [0.717, 1.165) is 28.7 Å². The molecule has 0 aromatic carbocycles. The van der Waals surface area contributed by atoms with E-state index in [9.17, 15) is 0 Å². The highest BCUT2D eigenvalue weighted by Crippen LogP contribution is 2.23. The van der Waals surface area contributed by atoms with Crippen LogP contribution in [-0.4, -0.2) is 34.4 Å². The van der Waals surface area contributed by atoms with Crippen molar-refractivity contribution < 1.29 is 0 Å². The van der Waals surface area contributed by atoms with Crippen molar-refractivity contribution in [3.63, 3.8) is 0 Å². The number of hydrogen-bond donors (Lipinski definition) is 0. The molecule has 1 saturated heterocycles. The fourth-order valence-electron chi connectivity index (χ4n) is 2.72. The molecule has 0 aliphatic carbocycles. The molecule has 0 saturated carbocycles. The molecule has 96 valence electrons. The number of hydrogen-bond acceptors (Lipinski definition) is 2. The van der Waals surface area contributed by atoms with Gasteiger partial charge in [0.2, 0.25) is 0 Å². The monoisotopic (exact) mass is 263 g/mol. The van der Waals surface area contributed by atoms with Gasteiger partial charge in [-0.3, -0.25) is 0 Å². The van der Waals surface area contributed by atoms with Gasteiger partial charge in [-0.25, -0.2) is 4.98 Å². The Kier molecular flexibility index (Phi) is 3.27. The molecule has 0 bridgehead atoms. The Morgan fingerprint density at radius 2 is 2.17 bits per heavy atom. The minimum absolute atomic E-state index is 0.755. The minimum atomic E-state index is 0.755. The van der Waals surface area contributed by atoms with Crippen LogP contribution in [0.5, 0.6) is 0 Å². The zero-order valence-corrected chi connectivity index (χ0v) is 11.4. The molecule has 0 radical (unpaired) electrons. The van der Waals surface area contributed by atoms with Gasteiger partial charge in [0.05, 0.1) is 16.7 Å². The molecule has 0 atom stereocenters. The van der Waals surface area contributed by atoms with Gasteiger partial charge in [-0.05, 0) is 51.0 Å². The van der Waals surface area contributed by atoms with Gasteiger partial charge >= 0.3 is 0 Å². The van der Waals surface area contributed by atoms with Crippen LogP contribution in [-0.2, 0) is 6.42 Å². The molecular weight excluding hydrogens is 246 g/mol. The fraction of sp³-hybridized carbons (Fsp3) is 0.500. The minimum Gasteiger partial charge on any atom is -0.306 e. The SMILES string of the molecule is CN1CCC(Cc2ncc3c(Cl)cccn23)CC1. The lowest BCUT2D eigenvalue weighted by Crippen LogP contribution is -2.31. The maximum atomic E-state index is 6.16.